The molecule has 3 rings (SSSR count). The van der Waals surface area contributed by atoms with Crippen LogP contribution in [0.25, 0.3) is 10.8 Å². The predicted molar refractivity (Wildman–Crippen MR) is 118 cm³/mol. The maximum Gasteiger partial charge on any atom is 0.329 e. The number of fused-ring (bicyclic) bond motifs is 1. The van der Waals surface area contributed by atoms with Gasteiger partial charge in [0.2, 0.25) is 0 Å². The number of carbonyl (C=O) groups is 2. The summed E-state index contributed by atoms with van der Waals surface area (Å²) >= 11 is 0. The van der Waals surface area contributed by atoms with Crippen molar-refractivity contribution in [1.82, 2.24) is 10.7 Å². The van der Waals surface area contributed by atoms with Crippen molar-refractivity contribution in [3.05, 3.63) is 77.6 Å². The summed E-state index contributed by atoms with van der Waals surface area (Å²) in [5.74, 6) is -1.41. The highest BCUT2D eigenvalue weighted by molar-refractivity contribution is 6.35. The van der Waals surface area contributed by atoms with E-state index in [1.54, 1.807) is 18.2 Å². The van der Waals surface area contributed by atoms with Gasteiger partial charge in [0.25, 0.3) is 0 Å². The third kappa shape index (κ3) is 5.88. The smallest absolute Gasteiger partial charge is 0.329 e. The molecule has 160 valence electrons. The van der Waals surface area contributed by atoms with E-state index in [1.807, 2.05) is 44.2 Å². The average Bonchev–Trinajstić information content (AvgIpc) is 2.78. The minimum Gasteiger partial charge on any atom is -0.488 e. The van der Waals surface area contributed by atoms with Crippen molar-refractivity contribution in [2.45, 2.75) is 32.9 Å². The molecule has 2 N–H and O–H groups in total. The highest BCUT2D eigenvalue weighted by atomic mass is 19.1. The molecule has 0 aliphatic rings. The molecule has 0 aliphatic heterocycles. The Kier molecular flexibility index (Phi) is 7.32. The van der Waals surface area contributed by atoms with Gasteiger partial charge in [0, 0.05) is 11.6 Å². The van der Waals surface area contributed by atoms with Crippen LogP contribution in [0.2, 0.25) is 0 Å². The standard InChI is InChI=1S/C24H24FN3O3/c1-3-16(2)27-23(29)24(30)28-26-14-21-20-10-5-4-8-18(20)11-12-22(21)31-15-17-7-6-9-19(25)13-17/h4-14,16H,3,15H2,1-2H3,(H,27,29)(H,28,30)/b26-14-/t16-/m0/s1. The molecule has 2 amide bonds. The number of nitrogens with zero attached hydrogens (tertiary/aromatic N) is 1. The number of hydrogen-bond donors (Lipinski definition) is 2. The van der Waals surface area contributed by atoms with E-state index in [4.69, 9.17) is 4.74 Å². The van der Waals surface area contributed by atoms with Crippen LogP contribution in [0, 0.1) is 5.82 Å². The van der Waals surface area contributed by atoms with Crippen LogP contribution in [0.1, 0.15) is 31.4 Å². The van der Waals surface area contributed by atoms with Crippen LogP contribution in [0.4, 0.5) is 4.39 Å². The lowest BCUT2D eigenvalue weighted by Crippen LogP contribution is -2.41. The third-order valence-corrected chi connectivity index (χ3v) is 4.77. The van der Waals surface area contributed by atoms with Crippen molar-refractivity contribution >= 4 is 28.8 Å². The number of halogens is 1. The number of carbonyl (C=O) groups excluding carboxylic acids is 2. The lowest BCUT2D eigenvalue weighted by atomic mass is 10.0. The second-order valence-electron chi connectivity index (χ2n) is 7.10. The van der Waals surface area contributed by atoms with Crippen molar-refractivity contribution in [3.63, 3.8) is 0 Å². The molecule has 0 saturated carbocycles. The molecule has 0 heterocycles. The van der Waals surface area contributed by atoms with Gasteiger partial charge in [0.1, 0.15) is 18.2 Å². The van der Waals surface area contributed by atoms with Gasteiger partial charge in [-0.15, -0.1) is 0 Å². The van der Waals surface area contributed by atoms with Gasteiger partial charge in [-0.2, -0.15) is 5.10 Å². The lowest BCUT2D eigenvalue weighted by Gasteiger charge is -2.12. The highest BCUT2D eigenvalue weighted by Crippen LogP contribution is 2.27. The molecule has 0 radical (unpaired) electrons. The Morgan fingerprint density at radius 3 is 2.68 bits per heavy atom. The summed E-state index contributed by atoms with van der Waals surface area (Å²) in [5.41, 5.74) is 3.57. The lowest BCUT2D eigenvalue weighted by molar-refractivity contribution is -0.139. The summed E-state index contributed by atoms with van der Waals surface area (Å²) in [6.07, 6.45) is 2.15. The number of ether oxygens (including phenoxy) is 1. The van der Waals surface area contributed by atoms with Gasteiger partial charge in [0.05, 0.1) is 6.21 Å². The zero-order chi connectivity index (χ0) is 22.2. The zero-order valence-corrected chi connectivity index (χ0v) is 17.4. The Balaban J connectivity index is 1.80. The Labute approximate surface area is 180 Å². The quantitative estimate of drug-likeness (QED) is 0.345. The number of amides is 2. The summed E-state index contributed by atoms with van der Waals surface area (Å²) in [6.45, 7) is 3.89. The second kappa shape index (κ2) is 10.3. The van der Waals surface area contributed by atoms with Gasteiger partial charge in [-0.3, -0.25) is 9.59 Å². The number of benzene rings is 3. The van der Waals surface area contributed by atoms with Crippen LogP contribution in [0.5, 0.6) is 5.75 Å². The van der Waals surface area contributed by atoms with Crippen LogP contribution in [-0.4, -0.2) is 24.1 Å². The molecular weight excluding hydrogens is 397 g/mol. The van der Waals surface area contributed by atoms with Crippen LogP contribution in [0.15, 0.2) is 65.8 Å². The molecule has 0 bridgehead atoms. The topological polar surface area (TPSA) is 79.8 Å². The summed E-state index contributed by atoms with van der Waals surface area (Å²) in [4.78, 5) is 23.8. The van der Waals surface area contributed by atoms with Crippen molar-refractivity contribution in [3.8, 4) is 5.75 Å². The van der Waals surface area contributed by atoms with Crippen LogP contribution >= 0.6 is 0 Å². The molecule has 0 aromatic heterocycles. The van der Waals surface area contributed by atoms with Gasteiger partial charge >= 0.3 is 11.8 Å². The number of nitrogens with one attached hydrogen (secondary N) is 2. The van der Waals surface area contributed by atoms with Crippen LogP contribution < -0.4 is 15.5 Å². The minimum absolute atomic E-state index is 0.108. The van der Waals surface area contributed by atoms with Gasteiger partial charge in [-0.1, -0.05) is 49.4 Å². The van der Waals surface area contributed by atoms with E-state index in [0.717, 1.165) is 10.8 Å². The zero-order valence-electron chi connectivity index (χ0n) is 17.4. The first-order chi connectivity index (χ1) is 15.0. The molecule has 0 saturated heterocycles. The fraction of sp³-hybridized carbons (Fsp3) is 0.208. The van der Waals surface area contributed by atoms with Gasteiger partial charge in [-0.05, 0) is 47.9 Å². The van der Waals surface area contributed by atoms with E-state index in [9.17, 15) is 14.0 Å². The molecule has 31 heavy (non-hydrogen) atoms. The monoisotopic (exact) mass is 421 g/mol. The van der Waals surface area contributed by atoms with Crippen LogP contribution in [-0.2, 0) is 16.2 Å². The second-order valence-corrected chi connectivity index (χ2v) is 7.10. The van der Waals surface area contributed by atoms with E-state index < -0.39 is 11.8 Å². The summed E-state index contributed by atoms with van der Waals surface area (Å²) < 4.78 is 19.3. The maximum absolute atomic E-state index is 13.4. The first-order valence-electron chi connectivity index (χ1n) is 10.0. The Morgan fingerprint density at radius 1 is 1.10 bits per heavy atom. The van der Waals surface area contributed by atoms with E-state index in [0.29, 0.717) is 23.3 Å². The van der Waals surface area contributed by atoms with Gasteiger partial charge in [0.15, 0.2) is 0 Å². The van der Waals surface area contributed by atoms with Crippen molar-refractivity contribution in [2.75, 3.05) is 0 Å². The molecule has 1 atom stereocenters. The third-order valence-electron chi connectivity index (χ3n) is 4.77. The highest BCUT2D eigenvalue weighted by Gasteiger charge is 2.14. The molecule has 6 nitrogen and oxygen atoms in total. The SMILES string of the molecule is CC[C@H](C)NC(=O)C(=O)N/N=C\c1c(OCc2cccc(F)c2)ccc2ccccc12. The number of hydrazone groups is 1. The van der Waals surface area contributed by atoms with E-state index >= 15 is 0 Å². The molecule has 3 aromatic rings. The fourth-order valence-corrected chi connectivity index (χ4v) is 2.92. The molecule has 0 fully saturated rings. The van der Waals surface area contributed by atoms with Crippen LogP contribution in [0.3, 0.4) is 0 Å². The normalized spacial score (nSPS) is 12.0. The average molecular weight is 421 g/mol. The van der Waals surface area contributed by atoms with E-state index in [2.05, 4.69) is 15.8 Å². The molecule has 0 unspecified atom stereocenters. The van der Waals surface area contributed by atoms with Crippen molar-refractivity contribution in [1.29, 1.82) is 0 Å². The molecule has 3 aromatic carbocycles. The summed E-state index contributed by atoms with van der Waals surface area (Å²) in [5, 5.41) is 8.36. The maximum atomic E-state index is 13.4. The fourth-order valence-electron chi connectivity index (χ4n) is 2.92. The largest absolute Gasteiger partial charge is 0.488 e. The Hall–Kier alpha value is -3.74. The molecule has 0 spiro atoms. The van der Waals surface area contributed by atoms with Crippen molar-refractivity contribution < 1.29 is 18.7 Å². The molecular formula is C24H24FN3O3. The number of hydrogen-bond acceptors (Lipinski definition) is 4. The predicted octanol–water partition coefficient (Wildman–Crippen LogP) is 3.92. The van der Waals surface area contributed by atoms with E-state index in [-0.39, 0.29) is 18.5 Å². The Morgan fingerprint density at radius 2 is 1.90 bits per heavy atom. The summed E-state index contributed by atoms with van der Waals surface area (Å²) in [7, 11) is 0. The minimum atomic E-state index is -0.848. The van der Waals surface area contributed by atoms with E-state index in [1.165, 1.54) is 18.3 Å². The van der Waals surface area contributed by atoms with Gasteiger partial charge < -0.3 is 10.1 Å². The first-order valence-corrected chi connectivity index (χ1v) is 10.0. The molecule has 7 heteroatoms. The van der Waals surface area contributed by atoms with Gasteiger partial charge in [-0.25, -0.2) is 9.82 Å². The number of rotatable bonds is 7. The molecule has 0 aliphatic carbocycles. The first kappa shape index (κ1) is 22.0. The Bertz CT molecular complexity index is 1110. The van der Waals surface area contributed by atoms with Crippen molar-refractivity contribution in [2.24, 2.45) is 5.10 Å². The summed E-state index contributed by atoms with van der Waals surface area (Å²) in [6, 6.07) is 17.4.